The lowest BCUT2D eigenvalue weighted by Crippen LogP contribution is -2.23. The number of benzene rings is 1. The van der Waals surface area contributed by atoms with Crippen molar-refractivity contribution in [3.8, 4) is 11.5 Å². The van der Waals surface area contributed by atoms with E-state index in [-0.39, 0.29) is 11.8 Å². The van der Waals surface area contributed by atoms with Crippen LogP contribution >= 0.6 is 0 Å². The van der Waals surface area contributed by atoms with Crippen molar-refractivity contribution in [2.24, 2.45) is 0 Å². The Morgan fingerprint density at radius 2 is 1.10 bits per heavy atom. The van der Waals surface area contributed by atoms with Crippen LogP contribution in [-0.4, -0.2) is 27.0 Å². The molecular weight excluding hydrogens is 318 g/mol. The average molecular weight is 331 g/mol. The molecule has 0 aromatic heterocycles. The van der Waals surface area contributed by atoms with E-state index in [2.05, 4.69) is 0 Å². The third-order valence-corrected chi connectivity index (χ3v) is 8.49. The first kappa shape index (κ1) is 13.4. The standard InChI is InChI=1S/C12H13NO6S2/c14-9-7-5-1-2-6(4-3-5)8(7)10(15)12-11(9)20(16,17)13-21(12,18)19/h5-6,13-15H,1-4H2. The molecule has 0 amide bonds. The Kier molecular flexibility index (Phi) is 2.36. The van der Waals surface area contributed by atoms with Crippen molar-refractivity contribution < 1.29 is 27.0 Å². The van der Waals surface area contributed by atoms with Crippen LogP contribution < -0.4 is 4.13 Å². The summed E-state index contributed by atoms with van der Waals surface area (Å²) in [7, 11) is -8.73. The highest BCUT2D eigenvalue weighted by Gasteiger charge is 2.49. The normalized spacial score (nSPS) is 30.9. The zero-order valence-electron chi connectivity index (χ0n) is 10.8. The maximum atomic E-state index is 12.0. The number of fused-ring (bicyclic) bond motifs is 3. The van der Waals surface area contributed by atoms with Crippen molar-refractivity contribution in [1.82, 2.24) is 4.13 Å². The highest BCUT2D eigenvalue weighted by Crippen LogP contribution is 2.59. The van der Waals surface area contributed by atoms with Crippen LogP contribution in [0.4, 0.5) is 0 Å². The summed E-state index contributed by atoms with van der Waals surface area (Å²) < 4.78 is 49.4. The monoisotopic (exact) mass is 331 g/mol. The molecule has 1 heterocycles. The molecule has 2 bridgehead atoms. The van der Waals surface area contributed by atoms with Gasteiger partial charge in [0.05, 0.1) is 0 Å². The molecule has 3 aliphatic carbocycles. The molecule has 1 aromatic rings. The van der Waals surface area contributed by atoms with Crippen LogP contribution in [0.3, 0.4) is 0 Å². The highest BCUT2D eigenvalue weighted by molar-refractivity contribution is 8.07. The van der Waals surface area contributed by atoms with Crippen molar-refractivity contribution >= 4 is 20.0 Å². The van der Waals surface area contributed by atoms with Gasteiger partial charge in [0.25, 0.3) is 20.0 Å². The Hall–Kier alpha value is -1.32. The van der Waals surface area contributed by atoms with Gasteiger partial charge in [0, 0.05) is 11.1 Å². The van der Waals surface area contributed by atoms with Crippen LogP contribution in [0.25, 0.3) is 0 Å². The van der Waals surface area contributed by atoms with E-state index in [9.17, 15) is 27.0 Å². The number of phenols is 2. The van der Waals surface area contributed by atoms with Gasteiger partial charge in [-0.2, -0.15) is 0 Å². The van der Waals surface area contributed by atoms with Crippen LogP contribution in [0.5, 0.6) is 11.5 Å². The van der Waals surface area contributed by atoms with E-state index in [1.165, 1.54) is 4.13 Å². The molecule has 5 rings (SSSR count). The predicted octanol–water partition coefficient (Wildman–Crippen LogP) is 0.833. The van der Waals surface area contributed by atoms with Gasteiger partial charge in [-0.1, -0.05) is 0 Å². The molecule has 0 unspecified atom stereocenters. The summed E-state index contributed by atoms with van der Waals surface area (Å²) in [6, 6.07) is 0. The van der Waals surface area contributed by atoms with Crippen molar-refractivity contribution in [2.45, 2.75) is 47.3 Å². The number of hydrogen-bond donors (Lipinski definition) is 3. The minimum Gasteiger partial charge on any atom is -0.506 e. The second-order valence-electron chi connectivity index (χ2n) is 5.82. The fraction of sp³-hybridized carbons (Fsp3) is 0.500. The molecule has 1 fully saturated rings. The Balaban J connectivity index is 2.21. The predicted molar refractivity (Wildman–Crippen MR) is 71.2 cm³/mol. The number of nitrogens with one attached hydrogen (secondary N) is 1. The summed E-state index contributed by atoms with van der Waals surface area (Å²) in [6.07, 6.45) is 3.24. The number of hydrogen-bond acceptors (Lipinski definition) is 6. The van der Waals surface area contributed by atoms with Crippen LogP contribution in [-0.2, 0) is 20.0 Å². The quantitative estimate of drug-likeness (QED) is 0.606. The van der Waals surface area contributed by atoms with Crippen LogP contribution in [0.2, 0.25) is 0 Å². The Bertz CT molecular complexity index is 806. The van der Waals surface area contributed by atoms with Gasteiger partial charge in [-0.15, -0.1) is 4.13 Å². The smallest absolute Gasteiger partial charge is 0.259 e. The highest BCUT2D eigenvalue weighted by atomic mass is 32.3. The molecule has 0 radical (unpaired) electrons. The lowest BCUT2D eigenvalue weighted by molar-refractivity contribution is 0.320. The minimum absolute atomic E-state index is 0.0281. The van der Waals surface area contributed by atoms with E-state index in [1.54, 1.807) is 0 Å². The van der Waals surface area contributed by atoms with Gasteiger partial charge >= 0.3 is 0 Å². The molecule has 7 nitrogen and oxygen atoms in total. The second-order valence-corrected chi connectivity index (χ2v) is 9.32. The van der Waals surface area contributed by atoms with Crippen LogP contribution in [0.15, 0.2) is 9.79 Å². The van der Waals surface area contributed by atoms with Crippen molar-refractivity contribution in [1.29, 1.82) is 0 Å². The van der Waals surface area contributed by atoms with E-state index in [4.69, 9.17) is 0 Å². The van der Waals surface area contributed by atoms with E-state index >= 15 is 0 Å². The van der Waals surface area contributed by atoms with Gasteiger partial charge in [0.1, 0.15) is 21.3 Å². The van der Waals surface area contributed by atoms with Crippen molar-refractivity contribution in [3.05, 3.63) is 11.1 Å². The molecule has 9 heteroatoms. The van der Waals surface area contributed by atoms with Crippen LogP contribution in [0.1, 0.15) is 48.6 Å². The first-order chi connectivity index (χ1) is 9.74. The zero-order valence-corrected chi connectivity index (χ0v) is 12.5. The minimum atomic E-state index is -4.36. The molecule has 114 valence electrons. The first-order valence-corrected chi connectivity index (χ1v) is 9.61. The lowest BCUT2D eigenvalue weighted by Gasteiger charge is -2.39. The van der Waals surface area contributed by atoms with E-state index in [0.29, 0.717) is 11.1 Å². The molecule has 1 aliphatic heterocycles. The fourth-order valence-corrected chi connectivity index (χ4v) is 7.83. The summed E-state index contributed by atoms with van der Waals surface area (Å²) in [6.45, 7) is 0. The Morgan fingerprint density at radius 1 is 0.762 bits per heavy atom. The van der Waals surface area contributed by atoms with Gasteiger partial charge in [-0.25, -0.2) is 16.8 Å². The summed E-state index contributed by atoms with van der Waals surface area (Å²) in [5.41, 5.74) is 0.826. The molecular formula is C12H13NO6S2. The maximum Gasteiger partial charge on any atom is 0.259 e. The Labute approximate surface area is 121 Å². The third-order valence-electron chi connectivity index (χ3n) is 4.74. The average Bonchev–Trinajstić information content (AvgIpc) is 2.61. The number of sulfonamides is 2. The number of phenolic OH excluding ortho intramolecular Hbond substituents is 2. The topological polar surface area (TPSA) is 121 Å². The molecule has 0 atom stereocenters. The Morgan fingerprint density at radius 3 is 1.43 bits per heavy atom. The van der Waals surface area contributed by atoms with Gasteiger partial charge in [0.2, 0.25) is 0 Å². The first-order valence-electron chi connectivity index (χ1n) is 6.64. The largest absolute Gasteiger partial charge is 0.506 e. The summed E-state index contributed by atoms with van der Waals surface area (Å²) in [4.78, 5) is -1.40. The van der Waals surface area contributed by atoms with E-state index in [0.717, 1.165) is 25.7 Å². The summed E-state index contributed by atoms with van der Waals surface area (Å²) in [5.74, 6) is -1.08. The molecule has 0 spiro atoms. The molecule has 4 aliphatic rings. The lowest BCUT2D eigenvalue weighted by atomic mass is 9.66. The van der Waals surface area contributed by atoms with Gasteiger partial charge in [0.15, 0.2) is 0 Å². The fourth-order valence-electron chi connectivity index (χ4n) is 3.94. The molecule has 1 aromatic carbocycles. The third kappa shape index (κ3) is 1.51. The number of aromatic hydroxyl groups is 2. The van der Waals surface area contributed by atoms with Crippen LogP contribution in [0, 0.1) is 0 Å². The zero-order chi connectivity index (χ0) is 15.2. The maximum absolute atomic E-state index is 12.0. The van der Waals surface area contributed by atoms with Gasteiger partial charge in [-0.3, -0.25) is 0 Å². The SMILES string of the molecule is O=S1(=O)NS(=O)(=O)c2c(O)c3c(c(O)c21)C1CCC3CC1. The van der Waals surface area contributed by atoms with Crippen molar-refractivity contribution in [3.63, 3.8) is 0 Å². The number of rotatable bonds is 0. The van der Waals surface area contributed by atoms with E-state index in [1.807, 2.05) is 0 Å². The molecule has 0 saturated heterocycles. The second kappa shape index (κ2) is 3.71. The summed E-state index contributed by atoms with van der Waals surface area (Å²) in [5, 5.41) is 20.8. The molecule has 21 heavy (non-hydrogen) atoms. The molecule has 3 N–H and O–H groups in total. The van der Waals surface area contributed by atoms with Gasteiger partial charge in [-0.05, 0) is 37.5 Å². The van der Waals surface area contributed by atoms with Gasteiger partial charge < -0.3 is 10.2 Å². The van der Waals surface area contributed by atoms with Crippen molar-refractivity contribution in [2.75, 3.05) is 0 Å². The summed E-state index contributed by atoms with van der Waals surface area (Å²) >= 11 is 0. The van der Waals surface area contributed by atoms with E-state index < -0.39 is 41.3 Å². The molecule has 1 saturated carbocycles.